The van der Waals surface area contributed by atoms with Gasteiger partial charge in [-0.1, -0.05) is 24.3 Å². The molecule has 0 bridgehead atoms. The molecule has 6 heteroatoms. The van der Waals surface area contributed by atoms with E-state index in [0.717, 1.165) is 6.42 Å². The summed E-state index contributed by atoms with van der Waals surface area (Å²) in [6, 6.07) is 7.50. The van der Waals surface area contributed by atoms with Crippen molar-refractivity contribution < 1.29 is 13.2 Å². The number of hydrogen-bond donors (Lipinski definition) is 2. The minimum atomic E-state index is -2.95. The SMILES string of the molecule is Cc1ccccc1CCNC(=O)NC1CCS(=O)(=O)C1. The van der Waals surface area contributed by atoms with Crippen molar-refractivity contribution in [2.45, 2.75) is 25.8 Å². The highest BCUT2D eigenvalue weighted by atomic mass is 32.2. The maximum atomic E-state index is 11.7. The number of aryl methyl sites for hydroxylation is 1. The molecule has 1 aliphatic rings. The highest BCUT2D eigenvalue weighted by molar-refractivity contribution is 7.91. The van der Waals surface area contributed by atoms with Gasteiger partial charge in [-0.15, -0.1) is 0 Å². The number of amides is 2. The number of rotatable bonds is 4. The lowest BCUT2D eigenvalue weighted by atomic mass is 10.1. The molecule has 1 aliphatic heterocycles. The van der Waals surface area contributed by atoms with E-state index in [2.05, 4.69) is 10.6 Å². The smallest absolute Gasteiger partial charge is 0.315 e. The van der Waals surface area contributed by atoms with Crippen molar-refractivity contribution in [1.29, 1.82) is 0 Å². The van der Waals surface area contributed by atoms with Crippen LogP contribution < -0.4 is 10.6 Å². The van der Waals surface area contributed by atoms with Crippen LogP contribution in [0.4, 0.5) is 4.79 Å². The van der Waals surface area contributed by atoms with Crippen LogP contribution in [0.5, 0.6) is 0 Å². The number of benzene rings is 1. The average molecular weight is 296 g/mol. The first kappa shape index (κ1) is 14.8. The van der Waals surface area contributed by atoms with Crippen molar-refractivity contribution in [3.05, 3.63) is 35.4 Å². The molecule has 1 saturated heterocycles. The van der Waals surface area contributed by atoms with E-state index in [4.69, 9.17) is 0 Å². The summed E-state index contributed by atoms with van der Waals surface area (Å²) in [7, 11) is -2.95. The van der Waals surface area contributed by atoms with Crippen molar-refractivity contribution >= 4 is 15.9 Å². The van der Waals surface area contributed by atoms with E-state index >= 15 is 0 Å². The zero-order chi connectivity index (χ0) is 14.6. The maximum absolute atomic E-state index is 11.7. The Balaban J connectivity index is 1.72. The third-order valence-corrected chi connectivity index (χ3v) is 5.28. The maximum Gasteiger partial charge on any atom is 0.315 e. The molecule has 0 aromatic heterocycles. The lowest BCUT2D eigenvalue weighted by Crippen LogP contribution is -2.43. The molecule has 1 unspecified atom stereocenters. The van der Waals surface area contributed by atoms with Crippen LogP contribution in [-0.4, -0.2) is 38.5 Å². The van der Waals surface area contributed by atoms with Crippen LogP contribution in [0.2, 0.25) is 0 Å². The summed E-state index contributed by atoms with van der Waals surface area (Å²) in [6.07, 6.45) is 1.27. The van der Waals surface area contributed by atoms with E-state index in [1.54, 1.807) is 0 Å². The number of sulfone groups is 1. The largest absolute Gasteiger partial charge is 0.338 e. The first-order valence-electron chi connectivity index (χ1n) is 6.75. The van der Waals surface area contributed by atoms with Crippen molar-refractivity contribution in [3.8, 4) is 0 Å². The second-order valence-corrected chi connectivity index (χ2v) is 7.41. The highest BCUT2D eigenvalue weighted by Gasteiger charge is 2.28. The molecule has 1 aromatic carbocycles. The molecule has 2 amide bonds. The summed E-state index contributed by atoms with van der Waals surface area (Å²) < 4.78 is 22.6. The molecule has 1 aromatic rings. The molecule has 0 spiro atoms. The summed E-state index contributed by atoms with van der Waals surface area (Å²) in [5, 5.41) is 5.47. The Kier molecular flexibility index (Phi) is 4.65. The van der Waals surface area contributed by atoms with Gasteiger partial charge in [-0.25, -0.2) is 13.2 Å². The van der Waals surface area contributed by atoms with E-state index in [9.17, 15) is 13.2 Å². The Labute approximate surface area is 119 Å². The fourth-order valence-corrected chi connectivity index (χ4v) is 4.02. The Hall–Kier alpha value is -1.56. The van der Waals surface area contributed by atoms with Crippen LogP contribution in [0.3, 0.4) is 0 Å². The summed E-state index contributed by atoms with van der Waals surface area (Å²) in [6.45, 7) is 2.58. The van der Waals surface area contributed by atoms with Gasteiger partial charge in [0.05, 0.1) is 11.5 Å². The topological polar surface area (TPSA) is 75.3 Å². The van der Waals surface area contributed by atoms with Crippen LogP contribution in [0, 0.1) is 6.92 Å². The van der Waals surface area contributed by atoms with Crippen LogP contribution in [0.25, 0.3) is 0 Å². The van der Waals surface area contributed by atoms with Crippen LogP contribution in [-0.2, 0) is 16.3 Å². The summed E-state index contributed by atoms with van der Waals surface area (Å²) in [4.78, 5) is 11.7. The predicted molar refractivity (Wildman–Crippen MR) is 78.5 cm³/mol. The zero-order valence-corrected chi connectivity index (χ0v) is 12.4. The molecule has 1 heterocycles. The van der Waals surface area contributed by atoms with Crippen molar-refractivity contribution in [3.63, 3.8) is 0 Å². The second kappa shape index (κ2) is 6.26. The standard InChI is InChI=1S/C14H20N2O3S/c1-11-4-2-3-5-12(11)6-8-15-14(17)16-13-7-9-20(18,19)10-13/h2-5,13H,6-10H2,1H3,(H2,15,16,17). The molecule has 110 valence electrons. The molecule has 1 fully saturated rings. The monoisotopic (exact) mass is 296 g/mol. The molecular weight excluding hydrogens is 276 g/mol. The van der Waals surface area contributed by atoms with Crippen molar-refractivity contribution in [2.24, 2.45) is 0 Å². The Morgan fingerprint density at radius 1 is 1.35 bits per heavy atom. The Morgan fingerprint density at radius 2 is 2.10 bits per heavy atom. The first-order chi connectivity index (χ1) is 9.46. The molecule has 5 nitrogen and oxygen atoms in total. The van der Waals surface area contributed by atoms with Gasteiger partial charge in [0.25, 0.3) is 0 Å². The quantitative estimate of drug-likeness (QED) is 0.871. The molecule has 0 radical (unpaired) electrons. The number of nitrogens with one attached hydrogen (secondary N) is 2. The molecule has 0 aliphatic carbocycles. The molecule has 1 atom stereocenters. The molecule has 2 N–H and O–H groups in total. The van der Waals surface area contributed by atoms with Gasteiger partial charge >= 0.3 is 6.03 Å². The van der Waals surface area contributed by atoms with Crippen molar-refractivity contribution in [2.75, 3.05) is 18.1 Å². The minimum absolute atomic E-state index is 0.0538. The normalized spacial score (nSPS) is 20.6. The fraction of sp³-hybridized carbons (Fsp3) is 0.500. The predicted octanol–water partition coefficient (Wildman–Crippen LogP) is 1.02. The van der Waals surface area contributed by atoms with Gasteiger partial charge in [0, 0.05) is 12.6 Å². The number of hydrogen-bond acceptors (Lipinski definition) is 3. The molecule has 2 rings (SSSR count). The number of urea groups is 1. The van der Waals surface area contributed by atoms with E-state index in [0.29, 0.717) is 13.0 Å². The van der Waals surface area contributed by atoms with Gasteiger partial charge < -0.3 is 10.6 Å². The van der Waals surface area contributed by atoms with Gasteiger partial charge in [0.15, 0.2) is 9.84 Å². The van der Waals surface area contributed by atoms with Crippen molar-refractivity contribution in [1.82, 2.24) is 10.6 Å². The fourth-order valence-electron chi connectivity index (χ4n) is 2.35. The summed E-state index contributed by atoms with van der Waals surface area (Å²) in [5.41, 5.74) is 2.41. The molecular formula is C14H20N2O3S. The lowest BCUT2D eigenvalue weighted by molar-refractivity contribution is 0.238. The summed E-state index contributed by atoms with van der Waals surface area (Å²) in [5.74, 6) is 0.222. The first-order valence-corrected chi connectivity index (χ1v) is 8.58. The van der Waals surface area contributed by atoms with E-state index in [1.807, 2.05) is 31.2 Å². The van der Waals surface area contributed by atoms with E-state index in [-0.39, 0.29) is 23.6 Å². The highest BCUT2D eigenvalue weighted by Crippen LogP contribution is 2.11. The van der Waals surface area contributed by atoms with Gasteiger partial charge in [-0.2, -0.15) is 0 Å². The number of carbonyl (C=O) groups excluding carboxylic acids is 1. The zero-order valence-electron chi connectivity index (χ0n) is 11.6. The Morgan fingerprint density at radius 3 is 2.75 bits per heavy atom. The van der Waals surface area contributed by atoms with Gasteiger partial charge in [-0.3, -0.25) is 0 Å². The Bertz CT molecular complexity index is 584. The third-order valence-electron chi connectivity index (χ3n) is 3.51. The average Bonchev–Trinajstić information content (AvgIpc) is 2.71. The van der Waals surface area contributed by atoms with E-state index in [1.165, 1.54) is 11.1 Å². The lowest BCUT2D eigenvalue weighted by Gasteiger charge is -2.12. The molecule has 0 saturated carbocycles. The number of carbonyl (C=O) groups is 1. The van der Waals surface area contributed by atoms with Gasteiger partial charge in [-0.05, 0) is 30.9 Å². The minimum Gasteiger partial charge on any atom is -0.338 e. The van der Waals surface area contributed by atoms with E-state index < -0.39 is 9.84 Å². The van der Waals surface area contributed by atoms with Gasteiger partial charge in [0.1, 0.15) is 0 Å². The van der Waals surface area contributed by atoms with Gasteiger partial charge in [0.2, 0.25) is 0 Å². The summed E-state index contributed by atoms with van der Waals surface area (Å²) >= 11 is 0. The van der Waals surface area contributed by atoms with Crippen LogP contribution in [0.15, 0.2) is 24.3 Å². The molecule has 20 heavy (non-hydrogen) atoms. The van der Waals surface area contributed by atoms with Crippen LogP contribution >= 0.6 is 0 Å². The third kappa shape index (κ3) is 4.23. The van der Waals surface area contributed by atoms with Crippen LogP contribution in [0.1, 0.15) is 17.5 Å². The second-order valence-electron chi connectivity index (χ2n) is 5.18.